The maximum Gasteiger partial charge on any atom is 0.501 e. The van der Waals surface area contributed by atoms with Crippen molar-refractivity contribution in [3.05, 3.63) is 54.6 Å². The Morgan fingerprint density at radius 1 is 0.960 bits per heavy atom. The van der Waals surface area contributed by atoms with Crippen molar-refractivity contribution in [3.8, 4) is 5.69 Å². The van der Waals surface area contributed by atoms with Crippen LogP contribution in [-0.2, 0) is 9.84 Å². The molecule has 0 fully saturated rings. The molecule has 3 rings (SSSR count). The number of sulfone groups is 1. The van der Waals surface area contributed by atoms with E-state index in [0.717, 1.165) is 17.8 Å². The number of tetrazole rings is 1. The molecule has 0 amide bonds. The van der Waals surface area contributed by atoms with Gasteiger partial charge in [0.1, 0.15) is 0 Å². The molecular formula is C14H9F3N4O2S2. The van der Waals surface area contributed by atoms with Gasteiger partial charge in [0.25, 0.3) is 9.84 Å². The van der Waals surface area contributed by atoms with Crippen LogP contribution in [-0.4, -0.2) is 34.1 Å². The maximum atomic E-state index is 12.9. The van der Waals surface area contributed by atoms with Gasteiger partial charge in [-0.15, -0.1) is 5.10 Å². The van der Waals surface area contributed by atoms with Gasteiger partial charge in [-0.3, -0.25) is 0 Å². The Morgan fingerprint density at radius 3 is 2.28 bits per heavy atom. The zero-order chi connectivity index (χ0) is 18.1. The zero-order valence-corrected chi connectivity index (χ0v) is 13.9. The summed E-state index contributed by atoms with van der Waals surface area (Å²) in [5.74, 6) is 0. The summed E-state index contributed by atoms with van der Waals surface area (Å²) >= 11 is 0.733. The molecule has 11 heteroatoms. The van der Waals surface area contributed by atoms with Crippen LogP contribution in [0.15, 0.2) is 69.5 Å². The predicted molar refractivity (Wildman–Crippen MR) is 83.0 cm³/mol. The normalized spacial score (nSPS) is 12.3. The van der Waals surface area contributed by atoms with Gasteiger partial charge in [-0.1, -0.05) is 30.3 Å². The fraction of sp³-hybridized carbons (Fsp3) is 0.0714. The van der Waals surface area contributed by atoms with E-state index in [1.165, 1.54) is 22.9 Å². The highest BCUT2D eigenvalue weighted by molar-refractivity contribution is 8.00. The van der Waals surface area contributed by atoms with Gasteiger partial charge in [-0.2, -0.15) is 17.9 Å². The Bertz CT molecular complexity index is 989. The summed E-state index contributed by atoms with van der Waals surface area (Å²) in [6.45, 7) is 0. The van der Waals surface area contributed by atoms with E-state index in [-0.39, 0.29) is 10.1 Å². The molecule has 1 heterocycles. The largest absolute Gasteiger partial charge is 0.501 e. The van der Waals surface area contributed by atoms with E-state index in [0.29, 0.717) is 5.69 Å². The lowest BCUT2D eigenvalue weighted by atomic mass is 10.3. The molecule has 2 aromatic carbocycles. The number of benzene rings is 2. The standard InChI is InChI=1S/C14H9F3N4O2S2/c15-14(16,17)25(22,23)12-9-5-4-8-11(12)24-13-18-19-20-21(13)10-6-2-1-3-7-10/h1-9H. The summed E-state index contributed by atoms with van der Waals surface area (Å²) in [4.78, 5) is -0.957. The number of hydrogen-bond donors (Lipinski definition) is 0. The van der Waals surface area contributed by atoms with Crippen molar-refractivity contribution in [2.24, 2.45) is 0 Å². The van der Waals surface area contributed by atoms with Crippen molar-refractivity contribution < 1.29 is 21.6 Å². The first kappa shape index (κ1) is 17.4. The van der Waals surface area contributed by atoms with Crippen LogP contribution in [0, 0.1) is 0 Å². The Kier molecular flexibility index (Phi) is 4.52. The van der Waals surface area contributed by atoms with Crippen molar-refractivity contribution >= 4 is 21.6 Å². The molecule has 0 radical (unpaired) electrons. The van der Waals surface area contributed by atoms with E-state index in [1.54, 1.807) is 30.3 Å². The number of rotatable bonds is 4. The van der Waals surface area contributed by atoms with Gasteiger partial charge in [-0.05, 0) is 46.5 Å². The van der Waals surface area contributed by atoms with Gasteiger partial charge in [0, 0.05) is 4.90 Å². The van der Waals surface area contributed by atoms with Crippen LogP contribution >= 0.6 is 11.8 Å². The van der Waals surface area contributed by atoms with E-state index < -0.39 is 20.2 Å². The van der Waals surface area contributed by atoms with Gasteiger partial charge >= 0.3 is 5.51 Å². The van der Waals surface area contributed by atoms with E-state index in [1.807, 2.05) is 0 Å². The van der Waals surface area contributed by atoms with Crippen LogP contribution in [0.5, 0.6) is 0 Å². The molecule has 0 bridgehead atoms. The first-order valence-electron chi connectivity index (χ1n) is 6.73. The second kappa shape index (κ2) is 6.48. The number of nitrogens with zero attached hydrogens (tertiary/aromatic N) is 4. The molecule has 0 unspecified atom stereocenters. The smallest absolute Gasteiger partial charge is 0.214 e. The molecule has 6 nitrogen and oxygen atoms in total. The molecule has 0 saturated heterocycles. The monoisotopic (exact) mass is 386 g/mol. The predicted octanol–water partition coefficient (Wildman–Crippen LogP) is 3.11. The van der Waals surface area contributed by atoms with E-state index in [9.17, 15) is 21.6 Å². The second-order valence-corrected chi connectivity index (χ2v) is 7.63. The summed E-state index contributed by atoms with van der Waals surface area (Å²) in [5.41, 5.74) is -4.80. The second-order valence-electron chi connectivity index (χ2n) is 4.71. The quantitative estimate of drug-likeness (QED) is 0.686. The lowest BCUT2D eigenvalue weighted by Crippen LogP contribution is -2.23. The number of aromatic nitrogens is 4. The van der Waals surface area contributed by atoms with Gasteiger partial charge in [0.15, 0.2) is 0 Å². The van der Waals surface area contributed by atoms with Crippen molar-refractivity contribution in [2.75, 3.05) is 0 Å². The molecule has 0 saturated carbocycles. The van der Waals surface area contributed by atoms with Gasteiger partial charge in [0.2, 0.25) is 5.16 Å². The first-order chi connectivity index (χ1) is 11.8. The molecule has 1 aromatic heterocycles. The molecular weight excluding hydrogens is 377 g/mol. The molecule has 0 aliphatic heterocycles. The minimum Gasteiger partial charge on any atom is -0.214 e. The molecule has 130 valence electrons. The average molecular weight is 386 g/mol. The maximum absolute atomic E-state index is 12.9. The Labute approximate surface area is 144 Å². The fourth-order valence-corrected chi connectivity index (χ4v) is 4.07. The highest BCUT2D eigenvalue weighted by Crippen LogP contribution is 2.38. The van der Waals surface area contributed by atoms with Crippen molar-refractivity contribution in [2.45, 2.75) is 20.5 Å². The highest BCUT2D eigenvalue weighted by Gasteiger charge is 2.48. The topological polar surface area (TPSA) is 77.7 Å². The SMILES string of the molecule is O=S(=O)(c1ccccc1Sc1nnnn1-c1ccccc1)C(F)(F)F. The molecule has 0 spiro atoms. The zero-order valence-electron chi connectivity index (χ0n) is 12.3. The van der Waals surface area contributed by atoms with Crippen LogP contribution in [0.25, 0.3) is 5.69 Å². The van der Waals surface area contributed by atoms with E-state index >= 15 is 0 Å². The van der Waals surface area contributed by atoms with Crippen LogP contribution in [0.1, 0.15) is 0 Å². The number of para-hydroxylation sites is 1. The van der Waals surface area contributed by atoms with Crippen LogP contribution in [0.3, 0.4) is 0 Å². The lowest BCUT2D eigenvalue weighted by Gasteiger charge is -2.12. The third kappa shape index (κ3) is 3.37. The molecule has 0 atom stereocenters. The summed E-state index contributed by atoms with van der Waals surface area (Å²) in [7, 11) is -5.49. The van der Waals surface area contributed by atoms with Gasteiger partial charge < -0.3 is 0 Å². The number of alkyl halides is 3. The van der Waals surface area contributed by atoms with E-state index in [2.05, 4.69) is 15.5 Å². The minimum absolute atomic E-state index is 0.119. The van der Waals surface area contributed by atoms with Gasteiger partial charge in [0.05, 0.1) is 10.6 Å². The minimum atomic E-state index is -5.49. The summed E-state index contributed by atoms with van der Waals surface area (Å²) in [5, 5.41) is 11.2. The highest BCUT2D eigenvalue weighted by atomic mass is 32.2. The number of halogens is 3. The third-order valence-electron chi connectivity index (χ3n) is 3.09. The fourth-order valence-electron chi connectivity index (χ4n) is 1.95. The van der Waals surface area contributed by atoms with Crippen LogP contribution in [0.2, 0.25) is 0 Å². The van der Waals surface area contributed by atoms with Crippen molar-refractivity contribution in [1.29, 1.82) is 0 Å². The molecule has 25 heavy (non-hydrogen) atoms. The third-order valence-corrected chi connectivity index (χ3v) is 5.77. The van der Waals surface area contributed by atoms with Crippen molar-refractivity contribution in [1.82, 2.24) is 20.2 Å². The molecule has 0 aliphatic rings. The van der Waals surface area contributed by atoms with E-state index in [4.69, 9.17) is 0 Å². The summed E-state index contributed by atoms with van der Waals surface area (Å²) < 4.78 is 63.5. The Balaban J connectivity index is 2.04. The van der Waals surface area contributed by atoms with Gasteiger partial charge in [-0.25, -0.2) is 8.42 Å². The molecule has 0 N–H and O–H groups in total. The average Bonchev–Trinajstić information content (AvgIpc) is 3.03. The van der Waals surface area contributed by atoms with Crippen molar-refractivity contribution in [3.63, 3.8) is 0 Å². The number of hydrogen-bond acceptors (Lipinski definition) is 6. The molecule has 3 aromatic rings. The first-order valence-corrected chi connectivity index (χ1v) is 9.03. The molecule has 0 aliphatic carbocycles. The summed E-state index contributed by atoms with van der Waals surface area (Å²) in [6.07, 6.45) is 0. The van der Waals surface area contributed by atoms with Crippen LogP contribution in [0.4, 0.5) is 13.2 Å². The Hall–Kier alpha value is -2.40. The summed E-state index contributed by atoms with van der Waals surface area (Å²) in [6, 6.07) is 13.5. The lowest BCUT2D eigenvalue weighted by molar-refractivity contribution is -0.0437. The van der Waals surface area contributed by atoms with Crippen LogP contribution < -0.4 is 0 Å². The Morgan fingerprint density at radius 2 is 1.60 bits per heavy atom.